The smallest absolute Gasteiger partial charge is 0.188 e. The van der Waals surface area contributed by atoms with Crippen LogP contribution in [0.1, 0.15) is 11.1 Å². The fraction of sp³-hybridized carbons (Fsp3) is 0.188. The molecule has 0 atom stereocenters. The van der Waals surface area contributed by atoms with E-state index >= 15 is 0 Å². The normalized spacial score (nSPS) is 11.4. The molecule has 0 aliphatic rings. The highest BCUT2D eigenvalue weighted by atomic mass is 35.5. The van der Waals surface area contributed by atoms with Crippen LogP contribution in [0.3, 0.4) is 0 Å². The largest absolute Gasteiger partial charge is 0.370 e. The van der Waals surface area contributed by atoms with Crippen molar-refractivity contribution in [2.24, 2.45) is 10.7 Å². The van der Waals surface area contributed by atoms with Crippen molar-refractivity contribution >= 4 is 17.6 Å². The summed E-state index contributed by atoms with van der Waals surface area (Å²) < 4.78 is 13.0. The molecular weight excluding hydrogens is 289 g/mol. The van der Waals surface area contributed by atoms with Gasteiger partial charge in [-0.1, -0.05) is 48.0 Å². The van der Waals surface area contributed by atoms with Gasteiger partial charge in [0.25, 0.3) is 0 Å². The molecule has 0 unspecified atom stereocenters. The van der Waals surface area contributed by atoms with E-state index in [1.165, 1.54) is 11.6 Å². The molecule has 3 nitrogen and oxygen atoms in total. The zero-order chi connectivity index (χ0) is 15.1. The summed E-state index contributed by atoms with van der Waals surface area (Å²) >= 11 is 5.71. The second-order valence-electron chi connectivity index (χ2n) is 4.61. The third-order valence-corrected chi connectivity index (χ3v) is 3.27. The fourth-order valence-electron chi connectivity index (χ4n) is 1.85. The van der Waals surface area contributed by atoms with Crippen LogP contribution in [0.5, 0.6) is 0 Å². The average molecular weight is 306 g/mol. The molecule has 21 heavy (non-hydrogen) atoms. The minimum absolute atomic E-state index is 0.0957. The third kappa shape index (κ3) is 5.08. The predicted molar refractivity (Wildman–Crippen MR) is 84.9 cm³/mol. The molecule has 2 aromatic rings. The summed E-state index contributed by atoms with van der Waals surface area (Å²) in [5, 5.41) is 3.14. The molecular formula is C16H17ClFN3. The highest BCUT2D eigenvalue weighted by Gasteiger charge is 2.00. The first-order chi connectivity index (χ1) is 10.1. The van der Waals surface area contributed by atoms with E-state index in [9.17, 15) is 4.39 Å². The van der Waals surface area contributed by atoms with Gasteiger partial charge in [0.05, 0.1) is 11.6 Å². The first-order valence-electron chi connectivity index (χ1n) is 6.67. The van der Waals surface area contributed by atoms with Crippen LogP contribution in [0, 0.1) is 5.82 Å². The molecule has 2 aromatic carbocycles. The van der Waals surface area contributed by atoms with Gasteiger partial charge in [-0.2, -0.15) is 0 Å². The SMILES string of the molecule is NC(=NCc1ccc(F)c(Cl)c1)NCCc1ccccc1. The molecule has 0 saturated heterocycles. The molecule has 3 N–H and O–H groups in total. The highest BCUT2D eigenvalue weighted by molar-refractivity contribution is 6.30. The number of hydrogen-bond donors (Lipinski definition) is 2. The lowest BCUT2D eigenvalue weighted by Crippen LogP contribution is -2.33. The molecule has 0 heterocycles. The van der Waals surface area contributed by atoms with E-state index in [0.717, 1.165) is 12.0 Å². The predicted octanol–water partition coefficient (Wildman–Crippen LogP) is 3.13. The summed E-state index contributed by atoms with van der Waals surface area (Å²) in [5.41, 5.74) is 7.84. The monoisotopic (exact) mass is 305 g/mol. The Morgan fingerprint density at radius 3 is 2.62 bits per heavy atom. The van der Waals surface area contributed by atoms with Gasteiger partial charge in [0.15, 0.2) is 5.96 Å². The number of halogens is 2. The number of nitrogens with two attached hydrogens (primary N) is 1. The van der Waals surface area contributed by atoms with Gasteiger partial charge in [0.2, 0.25) is 0 Å². The number of nitrogens with zero attached hydrogens (tertiary/aromatic N) is 1. The molecule has 0 aliphatic carbocycles. The number of hydrogen-bond acceptors (Lipinski definition) is 1. The van der Waals surface area contributed by atoms with Gasteiger partial charge >= 0.3 is 0 Å². The summed E-state index contributed by atoms with van der Waals surface area (Å²) in [5.74, 6) is -0.0651. The van der Waals surface area contributed by atoms with E-state index in [2.05, 4.69) is 22.4 Å². The summed E-state index contributed by atoms with van der Waals surface area (Å²) in [6.45, 7) is 1.08. The van der Waals surface area contributed by atoms with Gasteiger partial charge in [0.1, 0.15) is 5.82 Å². The van der Waals surface area contributed by atoms with E-state index in [4.69, 9.17) is 17.3 Å². The van der Waals surface area contributed by atoms with Crippen LogP contribution < -0.4 is 11.1 Å². The fourth-order valence-corrected chi connectivity index (χ4v) is 2.05. The van der Waals surface area contributed by atoms with Crippen molar-refractivity contribution < 1.29 is 4.39 Å². The van der Waals surface area contributed by atoms with Crippen molar-refractivity contribution in [3.63, 3.8) is 0 Å². The molecule has 0 bridgehead atoms. The summed E-state index contributed by atoms with van der Waals surface area (Å²) in [4.78, 5) is 4.20. The Balaban J connectivity index is 1.80. The zero-order valence-corrected chi connectivity index (χ0v) is 12.3. The van der Waals surface area contributed by atoms with E-state index in [1.54, 1.807) is 12.1 Å². The Morgan fingerprint density at radius 2 is 1.90 bits per heavy atom. The van der Waals surface area contributed by atoms with Crippen LogP contribution in [0.4, 0.5) is 4.39 Å². The number of nitrogens with one attached hydrogen (secondary N) is 1. The van der Waals surface area contributed by atoms with Crippen molar-refractivity contribution in [1.82, 2.24) is 5.32 Å². The molecule has 0 aliphatic heterocycles. The number of aliphatic imine (C=N–C) groups is 1. The highest BCUT2D eigenvalue weighted by Crippen LogP contribution is 2.16. The summed E-state index contributed by atoms with van der Waals surface area (Å²) in [6.07, 6.45) is 0.874. The van der Waals surface area contributed by atoms with Gasteiger partial charge in [0, 0.05) is 6.54 Å². The Morgan fingerprint density at radius 1 is 1.14 bits per heavy atom. The zero-order valence-electron chi connectivity index (χ0n) is 11.5. The average Bonchev–Trinajstić information content (AvgIpc) is 2.49. The second kappa shape index (κ2) is 7.64. The van der Waals surface area contributed by atoms with Crippen LogP contribution >= 0.6 is 11.6 Å². The maximum absolute atomic E-state index is 13.0. The Labute approximate surface area is 128 Å². The summed E-state index contributed by atoms with van der Waals surface area (Å²) in [6, 6.07) is 14.6. The molecule has 110 valence electrons. The van der Waals surface area contributed by atoms with Crippen LogP contribution in [-0.2, 0) is 13.0 Å². The maximum Gasteiger partial charge on any atom is 0.188 e. The maximum atomic E-state index is 13.0. The van der Waals surface area contributed by atoms with Gasteiger partial charge in [-0.05, 0) is 29.7 Å². The van der Waals surface area contributed by atoms with Gasteiger partial charge in [-0.3, -0.25) is 0 Å². The minimum atomic E-state index is -0.432. The van der Waals surface area contributed by atoms with Crippen molar-refractivity contribution in [3.8, 4) is 0 Å². The minimum Gasteiger partial charge on any atom is -0.370 e. The Kier molecular flexibility index (Phi) is 5.58. The van der Waals surface area contributed by atoms with Crippen molar-refractivity contribution in [2.45, 2.75) is 13.0 Å². The van der Waals surface area contributed by atoms with E-state index in [0.29, 0.717) is 19.0 Å². The van der Waals surface area contributed by atoms with Crippen LogP contribution in [0.15, 0.2) is 53.5 Å². The second-order valence-corrected chi connectivity index (χ2v) is 5.02. The lowest BCUT2D eigenvalue weighted by Gasteiger charge is -2.06. The van der Waals surface area contributed by atoms with Crippen LogP contribution in [0.25, 0.3) is 0 Å². The molecule has 0 amide bonds. The topological polar surface area (TPSA) is 50.4 Å². The molecule has 0 spiro atoms. The Hall–Kier alpha value is -2.07. The summed E-state index contributed by atoms with van der Waals surface area (Å²) in [7, 11) is 0. The standard InChI is InChI=1S/C16H17ClFN3/c17-14-10-13(6-7-15(14)18)11-21-16(19)20-9-8-12-4-2-1-3-5-12/h1-7,10H,8-9,11H2,(H3,19,20,21). The quantitative estimate of drug-likeness (QED) is 0.658. The molecule has 5 heteroatoms. The van der Waals surface area contributed by atoms with Crippen molar-refractivity contribution in [1.29, 1.82) is 0 Å². The molecule has 0 radical (unpaired) electrons. The van der Waals surface area contributed by atoms with Crippen LogP contribution in [0.2, 0.25) is 5.02 Å². The number of guanidine groups is 1. The molecule has 2 rings (SSSR count). The van der Waals surface area contributed by atoms with Gasteiger partial charge < -0.3 is 11.1 Å². The van der Waals surface area contributed by atoms with Gasteiger partial charge in [-0.25, -0.2) is 9.38 Å². The Bertz CT molecular complexity index is 614. The molecule has 0 aromatic heterocycles. The first kappa shape index (κ1) is 15.3. The molecule has 0 saturated carbocycles. The molecule has 0 fully saturated rings. The first-order valence-corrected chi connectivity index (χ1v) is 7.04. The number of rotatable bonds is 5. The van der Waals surface area contributed by atoms with E-state index in [1.807, 2.05) is 18.2 Å². The van der Waals surface area contributed by atoms with Gasteiger partial charge in [-0.15, -0.1) is 0 Å². The lowest BCUT2D eigenvalue weighted by atomic mass is 10.1. The lowest BCUT2D eigenvalue weighted by molar-refractivity contribution is 0.627. The number of benzene rings is 2. The third-order valence-electron chi connectivity index (χ3n) is 2.98. The van der Waals surface area contributed by atoms with E-state index < -0.39 is 5.82 Å². The van der Waals surface area contributed by atoms with E-state index in [-0.39, 0.29) is 5.02 Å². The van der Waals surface area contributed by atoms with Crippen molar-refractivity contribution in [3.05, 3.63) is 70.5 Å². The van der Waals surface area contributed by atoms with Crippen molar-refractivity contribution in [2.75, 3.05) is 6.54 Å². The van der Waals surface area contributed by atoms with Crippen LogP contribution in [-0.4, -0.2) is 12.5 Å².